The average molecular weight is 431 g/mol. The van der Waals surface area contributed by atoms with Gasteiger partial charge in [-0.15, -0.1) is 8.78 Å². The standard InChI is InChI=1S/C23H17F4NO3/c1-13-21(28-22(30-13)20-18(24)3-2-4-19(20)25)16-7-5-14(6-8-16)15-9-11-17(12-10-15)31-23(26,27)29/h2-13,21,29H,1H3/t13-,21+/m0/s1. The van der Waals surface area contributed by atoms with Crippen LogP contribution in [0.15, 0.2) is 71.7 Å². The Morgan fingerprint density at radius 3 is 2.00 bits per heavy atom. The molecule has 1 aliphatic heterocycles. The molecule has 0 saturated heterocycles. The van der Waals surface area contributed by atoms with Gasteiger partial charge in [0.1, 0.15) is 35.1 Å². The third-order valence-corrected chi connectivity index (χ3v) is 4.86. The third-order valence-electron chi connectivity index (χ3n) is 4.86. The highest BCUT2D eigenvalue weighted by Gasteiger charge is 2.32. The maximum absolute atomic E-state index is 14.1. The van der Waals surface area contributed by atoms with Gasteiger partial charge in [-0.3, -0.25) is 0 Å². The summed E-state index contributed by atoms with van der Waals surface area (Å²) in [6.45, 7) is 1.77. The van der Waals surface area contributed by atoms with E-state index in [1.807, 2.05) is 24.3 Å². The summed E-state index contributed by atoms with van der Waals surface area (Å²) in [6.07, 6.45) is -4.66. The normalized spacial score (nSPS) is 18.5. The van der Waals surface area contributed by atoms with Crippen molar-refractivity contribution in [1.29, 1.82) is 0 Å². The molecule has 1 aliphatic rings. The molecule has 1 heterocycles. The molecule has 0 radical (unpaired) electrons. The Morgan fingerprint density at radius 1 is 0.903 bits per heavy atom. The Balaban J connectivity index is 1.55. The number of alkyl halides is 2. The molecule has 8 heteroatoms. The second-order valence-electron chi connectivity index (χ2n) is 7.03. The molecule has 0 spiro atoms. The van der Waals surface area contributed by atoms with Crippen LogP contribution in [0.25, 0.3) is 11.1 Å². The summed E-state index contributed by atoms with van der Waals surface area (Å²) in [5, 5.41) is 8.42. The summed E-state index contributed by atoms with van der Waals surface area (Å²) in [5.74, 6) is -1.73. The molecule has 160 valence electrons. The van der Waals surface area contributed by atoms with Gasteiger partial charge < -0.3 is 14.6 Å². The summed E-state index contributed by atoms with van der Waals surface area (Å²) in [7, 11) is 0. The van der Waals surface area contributed by atoms with Gasteiger partial charge in [0.05, 0.1) is 0 Å². The van der Waals surface area contributed by atoms with E-state index >= 15 is 0 Å². The smallest absolute Gasteiger partial charge is 0.472 e. The van der Waals surface area contributed by atoms with E-state index in [1.54, 1.807) is 19.1 Å². The molecule has 0 aromatic heterocycles. The molecule has 4 rings (SSSR count). The number of nitrogens with zero attached hydrogens (tertiary/aromatic N) is 1. The van der Waals surface area contributed by atoms with Crippen molar-refractivity contribution in [2.45, 2.75) is 25.4 Å². The lowest BCUT2D eigenvalue weighted by Crippen LogP contribution is -2.23. The Labute approximate surface area is 175 Å². The van der Waals surface area contributed by atoms with Gasteiger partial charge in [-0.2, -0.15) is 0 Å². The van der Waals surface area contributed by atoms with Crippen LogP contribution >= 0.6 is 0 Å². The summed E-state index contributed by atoms with van der Waals surface area (Å²) in [6, 6.07) is 16.2. The van der Waals surface area contributed by atoms with Gasteiger partial charge in [0.15, 0.2) is 0 Å². The third kappa shape index (κ3) is 4.54. The van der Waals surface area contributed by atoms with E-state index in [9.17, 15) is 17.6 Å². The van der Waals surface area contributed by atoms with Crippen LogP contribution in [0.4, 0.5) is 17.6 Å². The van der Waals surface area contributed by atoms with Crippen molar-refractivity contribution in [3.05, 3.63) is 89.5 Å². The van der Waals surface area contributed by atoms with Gasteiger partial charge in [-0.1, -0.05) is 42.5 Å². The molecule has 0 amide bonds. The van der Waals surface area contributed by atoms with Crippen molar-refractivity contribution in [2.24, 2.45) is 4.99 Å². The molecular weight excluding hydrogens is 414 g/mol. The molecule has 1 N–H and O–H groups in total. The molecule has 0 bridgehead atoms. The van der Waals surface area contributed by atoms with E-state index in [2.05, 4.69) is 9.73 Å². The van der Waals surface area contributed by atoms with Crippen LogP contribution < -0.4 is 4.74 Å². The lowest BCUT2D eigenvalue weighted by atomic mass is 9.99. The van der Waals surface area contributed by atoms with Crippen LogP contribution in [-0.4, -0.2) is 23.4 Å². The summed E-state index contributed by atoms with van der Waals surface area (Å²) in [5.41, 5.74) is 2.06. The molecule has 0 aliphatic carbocycles. The lowest BCUT2D eigenvalue weighted by molar-refractivity contribution is -0.327. The number of halogens is 4. The molecule has 2 atom stereocenters. The number of benzene rings is 3. The zero-order chi connectivity index (χ0) is 22.2. The van der Waals surface area contributed by atoms with Gasteiger partial charge in [0, 0.05) is 0 Å². The molecule has 31 heavy (non-hydrogen) atoms. The van der Waals surface area contributed by atoms with E-state index in [1.165, 1.54) is 18.2 Å². The minimum Gasteiger partial charge on any atom is -0.472 e. The number of hydrogen-bond acceptors (Lipinski definition) is 4. The SMILES string of the molecule is C[C@@H]1OC(c2c(F)cccc2F)=N[C@H]1c1ccc(-c2ccc(OC(O)(F)F)cc2)cc1. The number of ether oxygens (including phenoxy) is 2. The maximum Gasteiger partial charge on any atom is 0.532 e. The van der Waals surface area contributed by atoms with Gasteiger partial charge in [0.25, 0.3) is 0 Å². The topological polar surface area (TPSA) is 51.0 Å². The summed E-state index contributed by atoms with van der Waals surface area (Å²) in [4.78, 5) is 4.38. The minimum absolute atomic E-state index is 0.0755. The Morgan fingerprint density at radius 2 is 1.45 bits per heavy atom. The van der Waals surface area contributed by atoms with Crippen LogP contribution in [-0.2, 0) is 4.74 Å². The largest absolute Gasteiger partial charge is 0.532 e. The number of rotatable bonds is 5. The Kier molecular flexibility index (Phi) is 5.41. The molecule has 3 aromatic carbocycles. The van der Waals surface area contributed by atoms with Gasteiger partial charge in [-0.05, 0) is 47.9 Å². The van der Waals surface area contributed by atoms with Crippen molar-refractivity contribution in [3.8, 4) is 16.9 Å². The van der Waals surface area contributed by atoms with Crippen molar-refractivity contribution in [3.63, 3.8) is 0 Å². The highest BCUT2D eigenvalue weighted by Crippen LogP contribution is 2.33. The molecule has 3 aromatic rings. The molecule has 4 nitrogen and oxygen atoms in total. The summed E-state index contributed by atoms with van der Waals surface area (Å²) < 4.78 is 62.8. The second kappa shape index (κ2) is 8.03. The number of hydrogen-bond donors (Lipinski definition) is 1. The fraction of sp³-hybridized carbons (Fsp3) is 0.174. The Bertz CT molecular complexity index is 1090. The van der Waals surface area contributed by atoms with Crippen molar-refractivity contribution >= 4 is 5.90 Å². The van der Waals surface area contributed by atoms with Gasteiger partial charge in [0.2, 0.25) is 5.90 Å². The second-order valence-corrected chi connectivity index (χ2v) is 7.03. The zero-order valence-electron chi connectivity index (χ0n) is 16.2. The highest BCUT2D eigenvalue weighted by molar-refractivity contribution is 5.96. The van der Waals surface area contributed by atoms with Crippen LogP contribution in [0, 0.1) is 11.6 Å². The Hall–Kier alpha value is -3.39. The first-order chi connectivity index (χ1) is 14.7. The monoisotopic (exact) mass is 431 g/mol. The van der Waals surface area contributed by atoms with Crippen molar-refractivity contribution in [1.82, 2.24) is 0 Å². The fourth-order valence-corrected chi connectivity index (χ4v) is 3.40. The average Bonchev–Trinajstić information content (AvgIpc) is 3.08. The van der Waals surface area contributed by atoms with Crippen molar-refractivity contribution in [2.75, 3.05) is 0 Å². The van der Waals surface area contributed by atoms with Crippen LogP contribution in [0.2, 0.25) is 0 Å². The van der Waals surface area contributed by atoms with E-state index in [0.29, 0.717) is 0 Å². The lowest BCUT2D eigenvalue weighted by Gasteiger charge is -2.14. The quantitative estimate of drug-likeness (QED) is 0.431. The van der Waals surface area contributed by atoms with Crippen molar-refractivity contribution < 1.29 is 32.1 Å². The van der Waals surface area contributed by atoms with Gasteiger partial charge >= 0.3 is 6.29 Å². The minimum atomic E-state index is -4.24. The van der Waals surface area contributed by atoms with Crippen LogP contribution in [0.5, 0.6) is 5.75 Å². The summed E-state index contributed by atoms with van der Waals surface area (Å²) >= 11 is 0. The number of aliphatic hydroxyl groups is 1. The van der Waals surface area contributed by atoms with E-state index in [0.717, 1.165) is 28.8 Å². The first-order valence-electron chi connectivity index (χ1n) is 9.40. The first-order valence-corrected chi connectivity index (χ1v) is 9.40. The van der Waals surface area contributed by atoms with Crippen LogP contribution in [0.3, 0.4) is 0 Å². The molecule has 0 fully saturated rings. The number of aliphatic imine (C=N–C) groups is 1. The fourth-order valence-electron chi connectivity index (χ4n) is 3.40. The van der Waals surface area contributed by atoms with E-state index < -0.39 is 30.1 Å². The molecular formula is C23H17F4NO3. The molecule has 0 saturated carbocycles. The highest BCUT2D eigenvalue weighted by atomic mass is 19.3. The predicted molar refractivity (Wildman–Crippen MR) is 106 cm³/mol. The van der Waals surface area contributed by atoms with Crippen LogP contribution in [0.1, 0.15) is 24.1 Å². The predicted octanol–water partition coefficient (Wildman–Crippen LogP) is 5.46. The first kappa shape index (κ1) is 20.9. The van der Waals surface area contributed by atoms with Gasteiger partial charge in [-0.25, -0.2) is 13.8 Å². The molecule has 0 unspecified atom stereocenters. The zero-order valence-corrected chi connectivity index (χ0v) is 16.2. The maximum atomic E-state index is 14.1. The van der Waals surface area contributed by atoms with E-state index in [-0.39, 0.29) is 17.2 Å². The van der Waals surface area contributed by atoms with E-state index in [4.69, 9.17) is 9.84 Å².